The summed E-state index contributed by atoms with van der Waals surface area (Å²) in [5.41, 5.74) is -1.70. The Kier molecular flexibility index (Phi) is 4.30. The Morgan fingerprint density at radius 1 is 1.08 bits per heavy atom. The largest absolute Gasteiger partial charge is 0.394 e. The highest BCUT2D eigenvalue weighted by molar-refractivity contribution is 7.81. The first-order valence-electron chi connectivity index (χ1n) is 3.55. The van der Waals surface area contributed by atoms with E-state index in [1.165, 1.54) is 13.8 Å². The molecule has 0 atom stereocenters. The molecule has 0 aliphatic carbocycles. The molecule has 0 heterocycles. The summed E-state index contributed by atoms with van der Waals surface area (Å²) in [4.78, 5) is 0. The molecular weight excluding hydrogens is 205 g/mol. The van der Waals surface area contributed by atoms with Gasteiger partial charge in [0, 0.05) is 0 Å². The third-order valence-electron chi connectivity index (χ3n) is 2.19. The van der Waals surface area contributed by atoms with Crippen molar-refractivity contribution in [1.29, 1.82) is 0 Å². The van der Waals surface area contributed by atoms with Crippen LogP contribution in [0, 0.1) is 11.3 Å². The summed E-state index contributed by atoms with van der Waals surface area (Å²) in [5, 5.41) is 0. The summed E-state index contributed by atoms with van der Waals surface area (Å²) >= 11 is 7.74. The Morgan fingerprint density at radius 2 is 1.42 bits per heavy atom. The van der Waals surface area contributed by atoms with E-state index < -0.39 is 17.5 Å². The molecule has 0 spiro atoms. The number of rotatable bonds is 3. The maximum atomic E-state index is 12.4. The van der Waals surface area contributed by atoms with Crippen molar-refractivity contribution in [1.82, 2.24) is 0 Å². The monoisotopic (exact) mass is 218 g/mol. The van der Waals surface area contributed by atoms with E-state index in [1.54, 1.807) is 0 Å². The standard InChI is InChI=1S/C7H13F3S2/c1-6(2,7(8,9)10)5(3-11)4-12/h5,11-12H,3-4H2,1-2H3. The van der Waals surface area contributed by atoms with E-state index in [9.17, 15) is 13.2 Å². The molecule has 74 valence electrons. The molecule has 0 aliphatic rings. The number of hydrogen-bond donors (Lipinski definition) is 2. The van der Waals surface area contributed by atoms with Crippen molar-refractivity contribution in [2.45, 2.75) is 20.0 Å². The van der Waals surface area contributed by atoms with E-state index in [0.29, 0.717) is 0 Å². The van der Waals surface area contributed by atoms with E-state index in [0.717, 1.165) is 0 Å². The van der Waals surface area contributed by atoms with Crippen LogP contribution in [0.1, 0.15) is 13.8 Å². The van der Waals surface area contributed by atoms with E-state index in [2.05, 4.69) is 25.3 Å². The van der Waals surface area contributed by atoms with Crippen LogP contribution in [0.2, 0.25) is 0 Å². The molecule has 0 saturated carbocycles. The molecule has 0 amide bonds. The average Bonchev–Trinajstić information content (AvgIpc) is 1.87. The van der Waals surface area contributed by atoms with E-state index in [1.807, 2.05) is 0 Å². The fraction of sp³-hybridized carbons (Fsp3) is 1.00. The number of hydrogen-bond acceptors (Lipinski definition) is 2. The van der Waals surface area contributed by atoms with Gasteiger partial charge in [0.25, 0.3) is 0 Å². The van der Waals surface area contributed by atoms with Crippen molar-refractivity contribution >= 4 is 25.3 Å². The zero-order valence-electron chi connectivity index (χ0n) is 7.02. The van der Waals surface area contributed by atoms with Gasteiger partial charge in [-0.05, 0) is 17.4 Å². The van der Waals surface area contributed by atoms with Gasteiger partial charge in [0.1, 0.15) is 0 Å². The third kappa shape index (κ3) is 2.49. The molecule has 0 bridgehead atoms. The van der Waals surface area contributed by atoms with Crippen LogP contribution in [0.25, 0.3) is 0 Å². The van der Waals surface area contributed by atoms with Crippen LogP contribution in [-0.2, 0) is 0 Å². The highest BCUT2D eigenvalue weighted by atomic mass is 32.1. The van der Waals surface area contributed by atoms with Gasteiger partial charge in [0.15, 0.2) is 0 Å². The Morgan fingerprint density at radius 3 is 1.50 bits per heavy atom. The van der Waals surface area contributed by atoms with Gasteiger partial charge in [-0.2, -0.15) is 38.4 Å². The smallest absolute Gasteiger partial charge is 0.179 e. The van der Waals surface area contributed by atoms with Crippen molar-refractivity contribution in [2.24, 2.45) is 11.3 Å². The minimum atomic E-state index is -4.18. The van der Waals surface area contributed by atoms with E-state index >= 15 is 0 Å². The maximum absolute atomic E-state index is 12.4. The molecule has 0 aromatic heterocycles. The molecule has 0 fully saturated rings. The summed E-state index contributed by atoms with van der Waals surface area (Å²) in [6, 6.07) is 0. The topological polar surface area (TPSA) is 0 Å². The van der Waals surface area contributed by atoms with Crippen LogP contribution >= 0.6 is 25.3 Å². The lowest BCUT2D eigenvalue weighted by molar-refractivity contribution is -0.224. The Hall–Kier alpha value is 0.490. The van der Waals surface area contributed by atoms with Crippen molar-refractivity contribution < 1.29 is 13.2 Å². The van der Waals surface area contributed by atoms with Gasteiger partial charge >= 0.3 is 6.18 Å². The first kappa shape index (κ1) is 12.5. The Labute approximate surface area is 81.7 Å². The lowest BCUT2D eigenvalue weighted by Gasteiger charge is -2.34. The van der Waals surface area contributed by atoms with Gasteiger partial charge in [0.2, 0.25) is 0 Å². The van der Waals surface area contributed by atoms with Crippen molar-refractivity contribution in [2.75, 3.05) is 11.5 Å². The average molecular weight is 218 g/mol. The van der Waals surface area contributed by atoms with Gasteiger partial charge in [-0.25, -0.2) is 0 Å². The normalized spacial score (nSPS) is 14.0. The first-order valence-corrected chi connectivity index (χ1v) is 4.82. The third-order valence-corrected chi connectivity index (χ3v) is 3.07. The first-order chi connectivity index (χ1) is 5.27. The minimum Gasteiger partial charge on any atom is -0.179 e. The summed E-state index contributed by atoms with van der Waals surface area (Å²) in [6.45, 7) is 2.37. The second kappa shape index (κ2) is 4.13. The van der Waals surface area contributed by atoms with Crippen molar-refractivity contribution in [3.05, 3.63) is 0 Å². The van der Waals surface area contributed by atoms with Crippen molar-refractivity contribution in [3.8, 4) is 0 Å². The molecule has 12 heavy (non-hydrogen) atoms. The molecule has 0 saturated heterocycles. The quantitative estimate of drug-likeness (QED) is 0.668. The second-order valence-electron chi connectivity index (χ2n) is 3.28. The van der Waals surface area contributed by atoms with E-state index in [4.69, 9.17) is 0 Å². The molecule has 0 aromatic rings. The number of alkyl halides is 3. The van der Waals surface area contributed by atoms with Gasteiger partial charge in [0.05, 0.1) is 5.41 Å². The molecule has 0 unspecified atom stereocenters. The molecule has 5 heteroatoms. The van der Waals surface area contributed by atoms with Crippen LogP contribution in [0.4, 0.5) is 13.2 Å². The molecule has 0 aliphatic heterocycles. The molecular formula is C7H13F3S2. The van der Waals surface area contributed by atoms with E-state index in [-0.39, 0.29) is 11.5 Å². The van der Waals surface area contributed by atoms with Crippen LogP contribution < -0.4 is 0 Å². The van der Waals surface area contributed by atoms with Gasteiger partial charge in [-0.15, -0.1) is 0 Å². The molecule has 0 nitrogen and oxygen atoms in total. The maximum Gasteiger partial charge on any atom is 0.394 e. The summed E-state index contributed by atoms with van der Waals surface area (Å²) in [5.74, 6) is -0.129. The molecule has 0 aromatic carbocycles. The molecule has 0 N–H and O–H groups in total. The van der Waals surface area contributed by atoms with Crippen LogP contribution in [-0.4, -0.2) is 17.7 Å². The predicted molar refractivity (Wildman–Crippen MR) is 51.0 cm³/mol. The van der Waals surface area contributed by atoms with Crippen LogP contribution in [0.5, 0.6) is 0 Å². The predicted octanol–water partition coefficient (Wildman–Crippen LogP) is 3.05. The molecule has 0 rings (SSSR count). The highest BCUT2D eigenvalue weighted by Gasteiger charge is 2.51. The summed E-state index contributed by atoms with van der Waals surface area (Å²) in [7, 11) is 0. The van der Waals surface area contributed by atoms with Crippen LogP contribution in [0.3, 0.4) is 0 Å². The van der Waals surface area contributed by atoms with Gasteiger partial charge in [-0.1, -0.05) is 13.8 Å². The Bertz CT molecular complexity index is 138. The lowest BCUT2D eigenvalue weighted by atomic mass is 9.80. The van der Waals surface area contributed by atoms with Crippen molar-refractivity contribution in [3.63, 3.8) is 0 Å². The lowest BCUT2D eigenvalue weighted by Crippen LogP contribution is -2.41. The highest BCUT2D eigenvalue weighted by Crippen LogP contribution is 2.44. The fourth-order valence-electron chi connectivity index (χ4n) is 0.746. The number of thiol groups is 2. The fourth-order valence-corrected chi connectivity index (χ4v) is 2.12. The molecule has 0 radical (unpaired) electrons. The summed E-state index contributed by atoms with van der Waals surface area (Å²) < 4.78 is 37.2. The minimum absolute atomic E-state index is 0.204. The summed E-state index contributed by atoms with van der Waals surface area (Å²) in [6.07, 6.45) is -4.18. The van der Waals surface area contributed by atoms with Crippen LogP contribution in [0.15, 0.2) is 0 Å². The second-order valence-corrected chi connectivity index (χ2v) is 4.01. The Balaban J connectivity index is 4.57. The SMILES string of the molecule is CC(C)(C(CS)CS)C(F)(F)F. The zero-order valence-corrected chi connectivity index (χ0v) is 8.81. The van der Waals surface area contributed by atoms with Gasteiger partial charge < -0.3 is 0 Å². The zero-order chi connectivity index (χ0) is 9.99. The van der Waals surface area contributed by atoms with Gasteiger partial charge in [-0.3, -0.25) is 0 Å². The number of halogens is 3.